The molecule has 2 aromatic rings. The van der Waals surface area contributed by atoms with E-state index < -0.39 is 5.91 Å². The van der Waals surface area contributed by atoms with Crippen molar-refractivity contribution in [1.29, 1.82) is 0 Å². The third kappa shape index (κ3) is 1.66. The number of anilines is 2. The van der Waals surface area contributed by atoms with Gasteiger partial charge < -0.3 is 11.1 Å². The van der Waals surface area contributed by atoms with E-state index >= 15 is 0 Å². The van der Waals surface area contributed by atoms with Crippen molar-refractivity contribution < 1.29 is 4.79 Å². The van der Waals surface area contributed by atoms with Gasteiger partial charge in [0.2, 0.25) is 0 Å². The van der Waals surface area contributed by atoms with E-state index in [9.17, 15) is 4.79 Å². The highest BCUT2D eigenvalue weighted by molar-refractivity contribution is 7.99. The summed E-state index contributed by atoms with van der Waals surface area (Å²) >= 11 is 1.64. The molecule has 1 aliphatic heterocycles. The molecule has 4 heteroatoms. The Morgan fingerprint density at radius 2 is 1.82 bits per heavy atom. The molecule has 1 amide bonds. The van der Waals surface area contributed by atoms with Crippen LogP contribution < -0.4 is 11.1 Å². The number of rotatable bonds is 1. The predicted octanol–water partition coefficient (Wildman–Crippen LogP) is 2.99. The van der Waals surface area contributed by atoms with Crippen molar-refractivity contribution in [3.8, 4) is 0 Å². The Kier molecular flexibility index (Phi) is 2.30. The Labute approximate surface area is 103 Å². The standard InChI is InChI=1S/C13H10N2OS/c14-13(16)8-4-3-7-11-12(8)15-9-5-1-2-6-10(9)17-11/h1-7,15H,(H2,14,16). The maximum absolute atomic E-state index is 11.4. The van der Waals surface area contributed by atoms with Crippen LogP contribution in [0.1, 0.15) is 10.4 Å². The summed E-state index contributed by atoms with van der Waals surface area (Å²) < 4.78 is 0. The van der Waals surface area contributed by atoms with Crippen LogP contribution in [0.25, 0.3) is 0 Å². The molecule has 0 fully saturated rings. The lowest BCUT2D eigenvalue weighted by Gasteiger charge is -2.22. The highest BCUT2D eigenvalue weighted by Gasteiger charge is 2.19. The van der Waals surface area contributed by atoms with Gasteiger partial charge in [-0.1, -0.05) is 30.0 Å². The minimum Gasteiger partial charge on any atom is -0.366 e. The lowest BCUT2D eigenvalue weighted by Crippen LogP contribution is -2.14. The molecule has 0 spiro atoms. The van der Waals surface area contributed by atoms with E-state index in [2.05, 4.69) is 5.32 Å². The van der Waals surface area contributed by atoms with E-state index in [4.69, 9.17) is 5.73 Å². The molecule has 0 radical (unpaired) electrons. The van der Waals surface area contributed by atoms with Crippen LogP contribution in [0.3, 0.4) is 0 Å². The van der Waals surface area contributed by atoms with Gasteiger partial charge in [0.1, 0.15) is 0 Å². The summed E-state index contributed by atoms with van der Waals surface area (Å²) in [5.41, 5.74) is 7.72. The van der Waals surface area contributed by atoms with Gasteiger partial charge in [-0.3, -0.25) is 4.79 Å². The Bertz CT molecular complexity index is 610. The maximum atomic E-state index is 11.4. The van der Waals surface area contributed by atoms with E-state index in [0.717, 1.165) is 21.2 Å². The zero-order chi connectivity index (χ0) is 11.8. The van der Waals surface area contributed by atoms with Gasteiger partial charge in [0.25, 0.3) is 5.91 Å². The van der Waals surface area contributed by atoms with Gasteiger partial charge in [-0.25, -0.2) is 0 Å². The van der Waals surface area contributed by atoms with Crippen molar-refractivity contribution in [2.45, 2.75) is 9.79 Å². The van der Waals surface area contributed by atoms with Crippen molar-refractivity contribution in [3.05, 3.63) is 48.0 Å². The van der Waals surface area contributed by atoms with Gasteiger partial charge in [-0.15, -0.1) is 0 Å². The Balaban J connectivity index is 2.15. The van der Waals surface area contributed by atoms with Gasteiger partial charge in [0, 0.05) is 9.79 Å². The number of amides is 1. The summed E-state index contributed by atoms with van der Waals surface area (Å²) in [5, 5.41) is 3.27. The van der Waals surface area contributed by atoms with E-state index in [1.807, 2.05) is 36.4 Å². The van der Waals surface area contributed by atoms with Crippen molar-refractivity contribution >= 4 is 29.0 Å². The molecule has 3 nitrogen and oxygen atoms in total. The Morgan fingerprint density at radius 1 is 1.06 bits per heavy atom. The molecule has 17 heavy (non-hydrogen) atoms. The van der Waals surface area contributed by atoms with E-state index in [-0.39, 0.29) is 0 Å². The molecular formula is C13H10N2OS. The number of carbonyl (C=O) groups is 1. The molecule has 3 rings (SSSR count). The molecule has 0 bridgehead atoms. The molecular weight excluding hydrogens is 232 g/mol. The topological polar surface area (TPSA) is 55.1 Å². The first kappa shape index (κ1) is 10.2. The quantitative estimate of drug-likeness (QED) is 0.689. The van der Waals surface area contributed by atoms with Crippen LogP contribution in [0, 0.1) is 0 Å². The monoisotopic (exact) mass is 242 g/mol. The van der Waals surface area contributed by atoms with Crippen LogP contribution in [0.15, 0.2) is 52.3 Å². The average molecular weight is 242 g/mol. The first-order chi connectivity index (χ1) is 8.25. The Morgan fingerprint density at radius 3 is 2.65 bits per heavy atom. The van der Waals surface area contributed by atoms with Gasteiger partial charge >= 0.3 is 0 Å². The first-order valence-electron chi connectivity index (χ1n) is 5.22. The van der Waals surface area contributed by atoms with Crippen molar-refractivity contribution in [2.24, 2.45) is 5.73 Å². The number of hydrogen-bond acceptors (Lipinski definition) is 3. The highest BCUT2D eigenvalue weighted by Crippen LogP contribution is 2.45. The van der Waals surface area contributed by atoms with Crippen molar-refractivity contribution in [1.82, 2.24) is 0 Å². The fraction of sp³-hybridized carbons (Fsp3) is 0. The number of hydrogen-bond donors (Lipinski definition) is 2. The summed E-state index contributed by atoms with van der Waals surface area (Å²) in [4.78, 5) is 13.5. The van der Waals surface area contributed by atoms with Crippen molar-refractivity contribution in [2.75, 3.05) is 5.32 Å². The molecule has 0 saturated carbocycles. The zero-order valence-electron chi connectivity index (χ0n) is 8.94. The number of para-hydroxylation sites is 2. The van der Waals surface area contributed by atoms with Gasteiger partial charge in [0.05, 0.1) is 16.9 Å². The predicted molar refractivity (Wildman–Crippen MR) is 68.8 cm³/mol. The summed E-state index contributed by atoms with van der Waals surface area (Å²) in [6.07, 6.45) is 0. The van der Waals surface area contributed by atoms with Crippen LogP contribution in [-0.2, 0) is 0 Å². The highest BCUT2D eigenvalue weighted by atomic mass is 32.2. The summed E-state index contributed by atoms with van der Waals surface area (Å²) in [6, 6.07) is 13.6. The lowest BCUT2D eigenvalue weighted by molar-refractivity contribution is 0.100. The van der Waals surface area contributed by atoms with Gasteiger partial charge in [0.15, 0.2) is 0 Å². The third-order valence-electron chi connectivity index (χ3n) is 2.66. The number of carbonyl (C=O) groups excluding carboxylic acids is 1. The van der Waals surface area contributed by atoms with Crippen LogP contribution in [0.5, 0.6) is 0 Å². The minimum atomic E-state index is -0.408. The molecule has 2 aromatic carbocycles. The van der Waals surface area contributed by atoms with E-state index in [0.29, 0.717) is 5.56 Å². The largest absolute Gasteiger partial charge is 0.366 e. The van der Waals surface area contributed by atoms with Crippen molar-refractivity contribution in [3.63, 3.8) is 0 Å². The average Bonchev–Trinajstić information content (AvgIpc) is 2.35. The second-order valence-electron chi connectivity index (χ2n) is 3.77. The molecule has 84 valence electrons. The second kappa shape index (κ2) is 3.82. The maximum Gasteiger partial charge on any atom is 0.250 e. The van der Waals surface area contributed by atoms with Crippen LogP contribution >= 0.6 is 11.8 Å². The molecule has 0 aliphatic carbocycles. The first-order valence-corrected chi connectivity index (χ1v) is 6.04. The molecule has 0 unspecified atom stereocenters. The van der Waals surface area contributed by atoms with E-state index in [1.165, 1.54) is 0 Å². The van der Waals surface area contributed by atoms with Crippen LogP contribution in [0.4, 0.5) is 11.4 Å². The smallest absolute Gasteiger partial charge is 0.250 e. The van der Waals surface area contributed by atoms with Crippen LogP contribution in [0.2, 0.25) is 0 Å². The molecule has 0 aromatic heterocycles. The SMILES string of the molecule is NC(=O)c1cccc2c1Nc1ccccc1S2. The number of fused-ring (bicyclic) bond motifs is 2. The van der Waals surface area contributed by atoms with Crippen LogP contribution in [-0.4, -0.2) is 5.91 Å². The second-order valence-corrected chi connectivity index (χ2v) is 4.85. The minimum absolute atomic E-state index is 0.408. The number of primary amides is 1. The number of nitrogens with two attached hydrogens (primary N) is 1. The fourth-order valence-corrected chi connectivity index (χ4v) is 2.88. The molecule has 0 atom stereocenters. The third-order valence-corrected chi connectivity index (χ3v) is 3.79. The van der Waals surface area contributed by atoms with Gasteiger partial charge in [-0.2, -0.15) is 0 Å². The number of nitrogens with one attached hydrogen (secondary N) is 1. The fourth-order valence-electron chi connectivity index (χ4n) is 1.86. The zero-order valence-corrected chi connectivity index (χ0v) is 9.75. The lowest BCUT2D eigenvalue weighted by atomic mass is 10.1. The van der Waals surface area contributed by atoms with E-state index in [1.54, 1.807) is 17.8 Å². The molecule has 1 aliphatic rings. The molecule has 3 N–H and O–H groups in total. The molecule has 1 heterocycles. The van der Waals surface area contributed by atoms with Gasteiger partial charge in [-0.05, 0) is 24.3 Å². The summed E-state index contributed by atoms with van der Waals surface area (Å²) in [5.74, 6) is -0.408. The summed E-state index contributed by atoms with van der Waals surface area (Å²) in [6.45, 7) is 0. The number of benzene rings is 2. The normalized spacial score (nSPS) is 12.2. The summed E-state index contributed by atoms with van der Waals surface area (Å²) in [7, 11) is 0. The Hall–Kier alpha value is -1.94. The molecule has 0 saturated heterocycles.